The molecule has 0 fully saturated rings. The Morgan fingerprint density at radius 3 is 2.31 bits per heavy atom. The average molecular weight is 445 g/mol. The Bertz CT molecular complexity index is 1210. The predicted octanol–water partition coefficient (Wildman–Crippen LogP) is 5.79. The third-order valence-electron chi connectivity index (χ3n) is 4.71. The Balaban J connectivity index is 2.02. The number of amidine groups is 1. The average Bonchev–Trinajstić information content (AvgIpc) is 2.70. The number of hydrogen-bond donors (Lipinski definition) is 3. The number of benzene rings is 3. The van der Waals surface area contributed by atoms with Gasteiger partial charge in [-0.2, -0.15) is 13.2 Å². The number of nitrogens with two attached hydrogens (primary N) is 1. The van der Waals surface area contributed by atoms with Gasteiger partial charge in [-0.1, -0.05) is 12.1 Å². The third-order valence-corrected chi connectivity index (χ3v) is 4.71. The molecule has 3 rings (SSSR count). The molecule has 3 aromatic rings. The second-order valence-corrected chi connectivity index (χ2v) is 7.12. The van der Waals surface area contributed by atoms with Gasteiger partial charge in [0, 0.05) is 11.3 Å². The first kappa shape index (κ1) is 22.8. The van der Waals surface area contributed by atoms with Crippen molar-refractivity contribution in [1.82, 2.24) is 0 Å². The van der Waals surface area contributed by atoms with Gasteiger partial charge >= 0.3 is 6.18 Å². The first-order chi connectivity index (χ1) is 15.0. The molecule has 0 radical (unpaired) electrons. The molecule has 5 nitrogen and oxygen atoms in total. The van der Waals surface area contributed by atoms with E-state index in [4.69, 9.17) is 15.9 Å². The molecule has 9 heteroatoms. The number of carbonyl (C=O) groups excluding carboxylic acids is 1. The number of ether oxygens (including phenoxy) is 1. The van der Waals surface area contributed by atoms with E-state index in [1.54, 1.807) is 19.1 Å². The van der Waals surface area contributed by atoms with Gasteiger partial charge in [0.15, 0.2) is 0 Å². The van der Waals surface area contributed by atoms with Gasteiger partial charge in [-0.25, -0.2) is 4.39 Å². The number of nitrogens with one attached hydrogen (secondary N) is 2. The van der Waals surface area contributed by atoms with Crippen molar-refractivity contribution in [2.75, 3.05) is 5.32 Å². The van der Waals surface area contributed by atoms with Gasteiger partial charge in [0.05, 0.1) is 11.1 Å². The van der Waals surface area contributed by atoms with Crippen LogP contribution in [0.4, 0.5) is 23.2 Å². The highest BCUT2D eigenvalue weighted by Gasteiger charge is 2.32. The zero-order valence-electron chi connectivity index (χ0n) is 17.1. The molecule has 0 heterocycles. The highest BCUT2D eigenvalue weighted by molar-refractivity contribution is 6.07. The van der Waals surface area contributed by atoms with Crippen LogP contribution < -0.4 is 15.8 Å². The van der Waals surface area contributed by atoms with Crippen LogP contribution in [-0.2, 0) is 6.18 Å². The SMILES string of the molecule is Cc1ccc(C(=N)N)cc1NC(=O)c1ccc(C(F)(F)F)cc1Oc1ccc(F)cc1C. The minimum atomic E-state index is -4.66. The molecule has 0 atom stereocenters. The molecule has 1 amide bonds. The van der Waals surface area contributed by atoms with Gasteiger partial charge in [-0.3, -0.25) is 10.2 Å². The first-order valence-electron chi connectivity index (χ1n) is 9.37. The Labute approximate surface area is 181 Å². The van der Waals surface area contributed by atoms with E-state index in [0.29, 0.717) is 22.4 Å². The molecular formula is C23H19F4N3O2. The number of alkyl halides is 3. The van der Waals surface area contributed by atoms with Crippen LogP contribution in [-0.4, -0.2) is 11.7 Å². The zero-order chi connectivity index (χ0) is 23.6. The summed E-state index contributed by atoms with van der Waals surface area (Å²) in [6.45, 7) is 3.24. The maximum atomic E-state index is 13.4. The van der Waals surface area contributed by atoms with Crippen molar-refractivity contribution in [3.63, 3.8) is 0 Å². The summed E-state index contributed by atoms with van der Waals surface area (Å²) in [6, 6.07) is 10.8. The van der Waals surface area contributed by atoms with Crippen molar-refractivity contribution in [3.8, 4) is 11.5 Å². The largest absolute Gasteiger partial charge is 0.456 e. The van der Waals surface area contributed by atoms with Crippen molar-refractivity contribution in [2.45, 2.75) is 20.0 Å². The Morgan fingerprint density at radius 2 is 1.69 bits per heavy atom. The second-order valence-electron chi connectivity index (χ2n) is 7.12. The normalized spacial score (nSPS) is 11.2. The van der Waals surface area contributed by atoms with Crippen molar-refractivity contribution >= 4 is 17.4 Å². The van der Waals surface area contributed by atoms with Gasteiger partial charge in [0.1, 0.15) is 23.2 Å². The molecule has 0 saturated heterocycles. The molecule has 4 N–H and O–H groups in total. The summed E-state index contributed by atoms with van der Waals surface area (Å²) in [6.07, 6.45) is -4.66. The van der Waals surface area contributed by atoms with Crippen LogP contribution in [0.2, 0.25) is 0 Å². The number of rotatable bonds is 5. The van der Waals surface area contributed by atoms with Crippen LogP contribution in [0, 0.1) is 25.1 Å². The predicted molar refractivity (Wildman–Crippen MR) is 113 cm³/mol. The minimum absolute atomic E-state index is 0.106. The molecule has 0 aliphatic carbocycles. The van der Waals surface area contributed by atoms with E-state index in [-0.39, 0.29) is 22.9 Å². The molecule has 0 unspecified atom stereocenters. The maximum absolute atomic E-state index is 13.4. The smallest absolute Gasteiger partial charge is 0.416 e. The summed E-state index contributed by atoms with van der Waals surface area (Å²) in [5.41, 5.74) is 6.04. The molecule has 0 spiro atoms. The standard InChI is InChI=1S/C23H19F4N3O2/c1-12-3-4-14(21(28)29)10-18(12)30-22(31)17-7-5-15(23(25,26)27)11-20(17)32-19-8-6-16(24)9-13(19)2/h3-11H,1-2H3,(H3,28,29)(H,30,31). The fraction of sp³-hybridized carbons (Fsp3) is 0.130. The highest BCUT2D eigenvalue weighted by atomic mass is 19.4. The van der Waals surface area contributed by atoms with Crippen LogP contribution in [0.25, 0.3) is 0 Å². The number of hydrogen-bond acceptors (Lipinski definition) is 3. The Morgan fingerprint density at radius 1 is 0.969 bits per heavy atom. The van der Waals surface area contributed by atoms with Crippen molar-refractivity contribution in [3.05, 3.63) is 88.2 Å². The molecule has 0 aromatic heterocycles. The summed E-state index contributed by atoms with van der Waals surface area (Å²) in [4.78, 5) is 12.9. The van der Waals surface area contributed by atoms with Crippen molar-refractivity contribution in [1.29, 1.82) is 5.41 Å². The van der Waals surface area contributed by atoms with Gasteiger partial charge in [0.2, 0.25) is 0 Å². The van der Waals surface area contributed by atoms with E-state index in [1.165, 1.54) is 25.1 Å². The fourth-order valence-electron chi connectivity index (χ4n) is 2.93. The number of anilines is 1. The topological polar surface area (TPSA) is 88.2 Å². The number of carbonyl (C=O) groups is 1. The molecule has 0 aliphatic rings. The summed E-state index contributed by atoms with van der Waals surface area (Å²) in [5.74, 6) is -1.69. The molecule has 3 aromatic carbocycles. The quantitative estimate of drug-likeness (QED) is 0.264. The van der Waals surface area contributed by atoms with Gasteiger partial charge < -0.3 is 15.8 Å². The lowest BCUT2D eigenvalue weighted by molar-refractivity contribution is -0.137. The summed E-state index contributed by atoms with van der Waals surface area (Å²) < 4.78 is 58.8. The highest BCUT2D eigenvalue weighted by Crippen LogP contribution is 2.36. The fourth-order valence-corrected chi connectivity index (χ4v) is 2.93. The third kappa shape index (κ3) is 5.05. The maximum Gasteiger partial charge on any atom is 0.416 e. The summed E-state index contributed by atoms with van der Waals surface area (Å²) in [5, 5.41) is 10.2. The summed E-state index contributed by atoms with van der Waals surface area (Å²) in [7, 11) is 0. The lowest BCUT2D eigenvalue weighted by Gasteiger charge is -2.16. The zero-order valence-corrected chi connectivity index (χ0v) is 17.1. The monoisotopic (exact) mass is 445 g/mol. The van der Waals surface area contributed by atoms with Gasteiger partial charge in [0.25, 0.3) is 5.91 Å². The van der Waals surface area contributed by atoms with Crippen molar-refractivity contribution in [2.24, 2.45) is 5.73 Å². The molecular weight excluding hydrogens is 426 g/mol. The second kappa shape index (κ2) is 8.70. The van der Waals surface area contributed by atoms with Gasteiger partial charge in [-0.15, -0.1) is 0 Å². The number of halogens is 4. The van der Waals surface area contributed by atoms with Gasteiger partial charge in [-0.05, 0) is 67.4 Å². The summed E-state index contributed by atoms with van der Waals surface area (Å²) >= 11 is 0. The Kier molecular flexibility index (Phi) is 6.20. The first-order valence-corrected chi connectivity index (χ1v) is 9.37. The van der Waals surface area contributed by atoms with Crippen LogP contribution >= 0.6 is 0 Å². The van der Waals surface area contributed by atoms with E-state index in [2.05, 4.69) is 5.32 Å². The van der Waals surface area contributed by atoms with Crippen molar-refractivity contribution < 1.29 is 27.1 Å². The Hall–Kier alpha value is -3.88. The molecule has 0 saturated carbocycles. The molecule has 32 heavy (non-hydrogen) atoms. The van der Waals surface area contributed by atoms with Crippen LogP contribution in [0.1, 0.15) is 32.6 Å². The lowest BCUT2D eigenvalue weighted by atomic mass is 10.1. The number of nitrogen functional groups attached to an aromatic ring is 1. The minimum Gasteiger partial charge on any atom is -0.456 e. The molecule has 0 aliphatic heterocycles. The van der Waals surface area contributed by atoms with Crippen LogP contribution in [0.3, 0.4) is 0 Å². The molecule has 0 bridgehead atoms. The van der Waals surface area contributed by atoms with E-state index < -0.39 is 23.5 Å². The van der Waals surface area contributed by atoms with Crippen LogP contribution in [0.5, 0.6) is 11.5 Å². The van der Waals surface area contributed by atoms with Crippen LogP contribution in [0.15, 0.2) is 54.6 Å². The lowest BCUT2D eigenvalue weighted by Crippen LogP contribution is -2.17. The van der Waals surface area contributed by atoms with E-state index in [1.807, 2.05) is 0 Å². The van der Waals surface area contributed by atoms with E-state index >= 15 is 0 Å². The molecule has 166 valence electrons. The van der Waals surface area contributed by atoms with E-state index in [9.17, 15) is 22.4 Å². The number of aryl methyl sites for hydroxylation is 2. The van der Waals surface area contributed by atoms with E-state index in [0.717, 1.165) is 24.3 Å². The number of amides is 1.